The van der Waals surface area contributed by atoms with E-state index in [1.165, 1.54) is 0 Å². The van der Waals surface area contributed by atoms with E-state index < -0.39 is 10.0 Å². The van der Waals surface area contributed by atoms with Crippen LogP contribution in [0, 0.1) is 5.41 Å². The van der Waals surface area contributed by atoms with Gasteiger partial charge in [-0.15, -0.1) is 0 Å². The first-order valence-corrected chi connectivity index (χ1v) is 7.69. The van der Waals surface area contributed by atoms with Crippen molar-refractivity contribution >= 4 is 10.0 Å². The second-order valence-corrected chi connectivity index (χ2v) is 6.03. The van der Waals surface area contributed by atoms with Crippen molar-refractivity contribution in [2.24, 2.45) is 10.6 Å². The van der Waals surface area contributed by atoms with Crippen LogP contribution in [0.2, 0.25) is 0 Å². The van der Waals surface area contributed by atoms with E-state index in [9.17, 15) is 8.42 Å². The average molecular weight is 251 g/mol. The van der Waals surface area contributed by atoms with Gasteiger partial charge in [-0.05, 0) is 19.3 Å². The highest BCUT2D eigenvalue weighted by Crippen LogP contribution is 2.28. The van der Waals surface area contributed by atoms with E-state index in [1.54, 1.807) is 0 Å². The van der Waals surface area contributed by atoms with E-state index in [4.69, 9.17) is 9.88 Å². The summed E-state index contributed by atoms with van der Waals surface area (Å²) in [4.78, 5) is 0. The maximum atomic E-state index is 11.2. The monoisotopic (exact) mass is 251 g/mol. The molecule has 0 amide bonds. The van der Waals surface area contributed by atoms with Crippen LogP contribution in [-0.2, 0) is 14.8 Å². The van der Waals surface area contributed by atoms with E-state index in [2.05, 4.69) is 6.92 Å². The van der Waals surface area contributed by atoms with Crippen molar-refractivity contribution < 1.29 is 13.2 Å². The van der Waals surface area contributed by atoms with Crippen LogP contribution in [0.5, 0.6) is 0 Å². The molecule has 0 aliphatic rings. The first-order chi connectivity index (χ1) is 7.39. The van der Waals surface area contributed by atoms with E-state index in [0.717, 1.165) is 25.7 Å². The lowest BCUT2D eigenvalue weighted by atomic mass is 9.85. The molecule has 0 bridgehead atoms. The summed E-state index contributed by atoms with van der Waals surface area (Å²) in [5, 5.41) is 5.12. The maximum Gasteiger partial charge on any atom is 0.209 e. The number of primary sulfonamides is 1. The summed E-state index contributed by atoms with van der Waals surface area (Å²) in [5.41, 5.74) is -0.318. The van der Waals surface area contributed by atoms with Gasteiger partial charge in [-0.2, -0.15) is 0 Å². The number of nitrogens with two attached hydrogens (primary N) is 1. The highest BCUT2D eigenvalue weighted by Gasteiger charge is 2.31. The summed E-state index contributed by atoms with van der Waals surface area (Å²) in [6.07, 6.45) is 3.64. The largest absolute Gasteiger partial charge is 0.381 e. The van der Waals surface area contributed by atoms with Crippen molar-refractivity contribution in [1.82, 2.24) is 0 Å². The van der Waals surface area contributed by atoms with Crippen molar-refractivity contribution in [2.45, 2.75) is 46.5 Å². The number of rotatable bonds is 9. The van der Waals surface area contributed by atoms with Crippen molar-refractivity contribution in [1.29, 1.82) is 0 Å². The molecule has 0 radical (unpaired) electrons. The third-order valence-corrected chi connectivity index (χ3v) is 4.07. The third-order valence-electron chi connectivity index (χ3n) is 3.06. The number of hydrogen-bond acceptors (Lipinski definition) is 3. The molecule has 5 heteroatoms. The van der Waals surface area contributed by atoms with Gasteiger partial charge < -0.3 is 4.74 Å². The maximum absolute atomic E-state index is 11.2. The SMILES string of the molecule is CCCCOCC(CC)(CC)CS(N)(=O)=O. The van der Waals surface area contributed by atoms with E-state index in [-0.39, 0.29) is 11.2 Å². The van der Waals surface area contributed by atoms with Crippen LogP contribution in [0.3, 0.4) is 0 Å². The van der Waals surface area contributed by atoms with Crippen LogP contribution in [0.15, 0.2) is 0 Å². The summed E-state index contributed by atoms with van der Waals surface area (Å²) in [6, 6.07) is 0. The van der Waals surface area contributed by atoms with Crippen molar-refractivity contribution in [2.75, 3.05) is 19.0 Å². The topological polar surface area (TPSA) is 69.4 Å². The average Bonchev–Trinajstić information content (AvgIpc) is 2.21. The van der Waals surface area contributed by atoms with E-state index in [1.807, 2.05) is 13.8 Å². The molecule has 98 valence electrons. The highest BCUT2D eigenvalue weighted by molar-refractivity contribution is 7.89. The molecule has 0 atom stereocenters. The number of unbranched alkanes of at least 4 members (excludes halogenated alkanes) is 1. The Morgan fingerprint density at radius 2 is 1.75 bits per heavy atom. The zero-order chi connectivity index (χ0) is 12.7. The van der Waals surface area contributed by atoms with Gasteiger partial charge in [-0.3, -0.25) is 0 Å². The third kappa shape index (κ3) is 6.45. The minimum atomic E-state index is -3.43. The Hall–Kier alpha value is -0.130. The van der Waals surface area contributed by atoms with Crippen LogP contribution < -0.4 is 5.14 Å². The van der Waals surface area contributed by atoms with Crippen molar-refractivity contribution in [3.8, 4) is 0 Å². The first kappa shape index (κ1) is 15.9. The lowest BCUT2D eigenvalue weighted by molar-refractivity contribution is 0.0485. The van der Waals surface area contributed by atoms with Gasteiger partial charge in [0.05, 0.1) is 12.4 Å². The highest BCUT2D eigenvalue weighted by atomic mass is 32.2. The van der Waals surface area contributed by atoms with Gasteiger partial charge in [0, 0.05) is 12.0 Å². The Morgan fingerprint density at radius 3 is 2.12 bits per heavy atom. The molecule has 0 saturated carbocycles. The summed E-state index contributed by atoms with van der Waals surface area (Å²) >= 11 is 0. The van der Waals surface area contributed by atoms with Crippen LogP contribution >= 0.6 is 0 Å². The standard InChI is InChI=1S/C11H25NO3S/c1-4-7-8-15-9-11(5-2,6-3)10-16(12,13)14/h4-10H2,1-3H3,(H2,12,13,14). The molecular weight excluding hydrogens is 226 g/mol. The molecule has 0 fully saturated rings. The van der Waals surface area contributed by atoms with Gasteiger partial charge >= 0.3 is 0 Å². The molecule has 0 aromatic heterocycles. The van der Waals surface area contributed by atoms with Crippen LogP contribution in [0.25, 0.3) is 0 Å². The van der Waals surface area contributed by atoms with E-state index in [0.29, 0.717) is 13.2 Å². The lowest BCUT2D eigenvalue weighted by Crippen LogP contribution is -2.36. The molecule has 0 aromatic rings. The Balaban J connectivity index is 4.33. The van der Waals surface area contributed by atoms with Gasteiger partial charge in [0.1, 0.15) is 0 Å². The first-order valence-electron chi connectivity index (χ1n) is 5.97. The van der Waals surface area contributed by atoms with Crippen molar-refractivity contribution in [3.63, 3.8) is 0 Å². The molecular formula is C11H25NO3S. The fourth-order valence-corrected chi connectivity index (χ4v) is 3.01. The molecule has 0 unspecified atom stereocenters. The molecule has 0 aliphatic carbocycles. The van der Waals surface area contributed by atoms with Crippen molar-refractivity contribution in [3.05, 3.63) is 0 Å². The lowest BCUT2D eigenvalue weighted by Gasteiger charge is -2.30. The molecule has 0 aliphatic heterocycles. The van der Waals surface area contributed by atoms with Crippen LogP contribution in [0.1, 0.15) is 46.5 Å². The minimum Gasteiger partial charge on any atom is -0.381 e. The van der Waals surface area contributed by atoms with Gasteiger partial charge in [-0.1, -0.05) is 27.2 Å². The van der Waals surface area contributed by atoms with Gasteiger partial charge in [0.25, 0.3) is 0 Å². The molecule has 0 heterocycles. The summed E-state index contributed by atoms with van der Waals surface area (Å²) in [7, 11) is -3.43. The summed E-state index contributed by atoms with van der Waals surface area (Å²) < 4.78 is 27.9. The smallest absolute Gasteiger partial charge is 0.209 e. The second kappa shape index (κ2) is 7.25. The molecule has 0 saturated heterocycles. The fraction of sp³-hybridized carbons (Fsp3) is 1.00. The van der Waals surface area contributed by atoms with Gasteiger partial charge in [-0.25, -0.2) is 13.6 Å². The number of ether oxygens (including phenoxy) is 1. The Bertz CT molecular complexity index is 271. The minimum absolute atomic E-state index is 0.0130. The molecule has 4 nitrogen and oxygen atoms in total. The Labute approximate surface area is 99.6 Å². The molecule has 0 aromatic carbocycles. The zero-order valence-corrected chi connectivity index (χ0v) is 11.5. The number of hydrogen-bond donors (Lipinski definition) is 1. The molecule has 0 rings (SSSR count). The van der Waals surface area contributed by atoms with Crippen LogP contribution in [0.4, 0.5) is 0 Å². The summed E-state index contributed by atoms with van der Waals surface area (Å²) in [5.74, 6) is 0.0130. The fourth-order valence-electron chi connectivity index (χ4n) is 1.66. The molecule has 2 N–H and O–H groups in total. The van der Waals surface area contributed by atoms with Gasteiger partial charge in [0.15, 0.2) is 0 Å². The van der Waals surface area contributed by atoms with Gasteiger partial charge in [0.2, 0.25) is 10.0 Å². The quantitative estimate of drug-likeness (QED) is 0.636. The number of sulfonamides is 1. The Kier molecular flexibility index (Phi) is 7.19. The molecule has 16 heavy (non-hydrogen) atoms. The second-order valence-electron chi connectivity index (χ2n) is 4.42. The predicted octanol–water partition coefficient (Wildman–Crippen LogP) is 1.90. The zero-order valence-electron chi connectivity index (χ0n) is 10.7. The predicted molar refractivity (Wildman–Crippen MR) is 66.7 cm³/mol. The summed E-state index contributed by atoms with van der Waals surface area (Å²) in [6.45, 7) is 7.25. The Morgan fingerprint density at radius 1 is 1.19 bits per heavy atom. The van der Waals surface area contributed by atoms with Crippen LogP contribution in [-0.4, -0.2) is 27.4 Å². The normalized spacial score (nSPS) is 13.0. The van der Waals surface area contributed by atoms with E-state index >= 15 is 0 Å². The molecule has 0 spiro atoms.